The van der Waals surface area contributed by atoms with Gasteiger partial charge in [0.1, 0.15) is 5.82 Å². The van der Waals surface area contributed by atoms with E-state index in [0.29, 0.717) is 4.47 Å². The highest BCUT2D eigenvalue weighted by atomic mass is 79.9. The van der Waals surface area contributed by atoms with Crippen LogP contribution in [-0.2, 0) is 0 Å². The van der Waals surface area contributed by atoms with Crippen LogP contribution in [0.2, 0.25) is 0 Å². The number of hydrogen-bond donors (Lipinski definition) is 1. The maximum Gasteiger partial charge on any atom is 0.137 e. The molecule has 0 bridgehead atoms. The Labute approximate surface area is 114 Å². The lowest BCUT2D eigenvalue weighted by Crippen LogP contribution is -2.22. The van der Waals surface area contributed by atoms with Crippen LogP contribution in [0.5, 0.6) is 0 Å². The summed E-state index contributed by atoms with van der Waals surface area (Å²) in [6.07, 6.45) is 4.40. The summed E-state index contributed by atoms with van der Waals surface area (Å²) in [7, 11) is 0. The van der Waals surface area contributed by atoms with Gasteiger partial charge in [0.05, 0.1) is 23.0 Å². The Morgan fingerprint density at radius 1 is 1.33 bits per heavy atom. The molecule has 0 radical (unpaired) electrons. The Morgan fingerprint density at radius 3 is 2.78 bits per heavy atom. The molecule has 96 valence electrons. The lowest BCUT2D eigenvalue weighted by atomic mass is 10.0. The molecule has 4 heteroatoms. The van der Waals surface area contributed by atoms with Crippen LogP contribution >= 0.6 is 15.9 Å². The standard InChI is InChI=1S/C14H15BrFNO/c1-2-6-17-14(11-5-7-18-9-11)10-3-4-13(16)12(15)8-10/h3-5,7-9,14,17H,2,6H2,1H3. The van der Waals surface area contributed by atoms with Gasteiger partial charge in [0.2, 0.25) is 0 Å². The molecule has 0 aliphatic carbocycles. The number of furan rings is 1. The van der Waals surface area contributed by atoms with Gasteiger partial charge in [0, 0.05) is 5.56 Å². The molecule has 1 aromatic carbocycles. The van der Waals surface area contributed by atoms with Crippen LogP contribution in [0.25, 0.3) is 0 Å². The first-order chi connectivity index (χ1) is 8.72. The van der Waals surface area contributed by atoms with Crippen molar-refractivity contribution in [3.05, 3.63) is 58.2 Å². The summed E-state index contributed by atoms with van der Waals surface area (Å²) < 4.78 is 18.9. The van der Waals surface area contributed by atoms with Crippen molar-refractivity contribution < 1.29 is 8.81 Å². The summed E-state index contributed by atoms with van der Waals surface area (Å²) in [6, 6.07) is 7.02. The summed E-state index contributed by atoms with van der Waals surface area (Å²) in [6.45, 7) is 3.00. The third kappa shape index (κ3) is 3.00. The molecule has 1 aromatic heterocycles. The van der Waals surface area contributed by atoms with Crippen molar-refractivity contribution in [3.8, 4) is 0 Å². The highest BCUT2D eigenvalue weighted by Crippen LogP contribution is 2.26. The van der Waals surface area contributed by atoms with Crippen LogP contribution in [0.1, 0.15) is 30.5 Å². The Morgan fingerprint density at radius 2 is 2.17 bits per heavy atom. The Hall–Kier alpha value is -1.13. The molecule has 0 saturated carbocycles. The van der Waals surface area contributed by atoms with E-state index in [4.69, 9.17) is 4.42 Å². The number of rotatable bonds is 5. The lowest BCUT2D eigenvalue weighted by Gasteiger charge is -2.18. The van der Waals surface area contributed by atoms with Crippen molar-refractivity contribution >= 4 is 15.9 Å². The molecule has 0 spiro atoms. The third-order valence-corrected chi connectivity index (χ3v) is 3.36. The minimum atomic E-state index is -0.250. The number of benzene rings is 1. The van der Waals surface area contributed by atoms with Crippen LogP contribution in [-0.4, -0.2) is 6.54 Å². The van der Waals surface area contributed by atoms with Crippen LogP contribution in [0, 0.1) is 5.82 Å². The molecule has 0 aliphatic heterocycles. The van der Waals surface area contributed by atoms with Gasteiger partial charge in [0.15, 0.2) is 0 Å². The van der Waals surface area contributed by atoms with Crippen molar-refractivity contribution in [3.63, 3.8) is 0 Å². The van der Waals surface area contributed by atoms with E-state index in [1.807, 2.05) is 6.07 Å². The first-order valence-corrected chi connectivity index (χ1v) is 6.72. The number of nitrogens with one attached hydrogen (secondary N) is 1. The minimum Gasteiger partial charge on any atom is -0.472 e. The second-order valence-corrected chi connectivity index (χ2v) is 4.97. The van der Waals surface area contributed by atoms with E-state index < -0.39 is 0 Å². The maximum absolute atomic E-state index is 13.3. The molecule has 0 aliphatic rings. The second kappa shape index (κ2) is 6.16. The molecular formula is C14H15BrFNO. The average molecular weight is 312 g/mol. The van der Waals surface area contributed by atoms with Crippen LogP contribution < -0.4 is 5.32 Å². The van der Waals surface area contributed by atoms with E-state index in [9.17, 15) is 4.39 Å². The zero-order valence-electron chi connectivity index (χ0n) is 10.1. The third-order valence-electron chi connectivity index (χ3n) is 2.75. The lowest BCUT2D eigenvalue weighted by molar-refractivity contribution is 0.547. The Balaban J connectivity index is 2.30. The van der Waals surface area contributed by atoms with Gasteiger partial charge in [-0.3, -0.25) is 0 Å². The van der Waals surface area contributed by atoms with Gasteiger partial charge < -0.3 is 9.73 Å². The van der Waals surface area contributed by atoms with E-state index >= 15 is 0 Å². The summed E-state index contributed by atoms with van der Waals surface area (Å²) in [5, 5.41) is 3.43. The first kappa shape index (κ1) is 13.3. The quantitative estimate of drug-likeness (QED) is 0.892. The first-order valence-electron chi connectivity index (χ1n) is 5.92. The summed E-state index contributed by atoms with van der Waals surface area (Å²) in [5.74, 6) is -0.250. The number of hydrogen-bond acceptors (Lipinski definition) is 2. The van der Waals surface area contributed by atoms with E-state index in [2.05, 4.69) is 28.2 Å². The van der Waals surface area contributed by atoms with Gasteiger partial charge in [-0.05, 0) is 52.7 Å². The van der Waals surface area contributed by atoms with Gasteiger partial charge in [-0.1, -0.05) is 13.0 Å². The SMILES string of the molecule is CCCNC(c1ccoc1)c1ccc(F)c(Br)c1. The predicted octanol–water partition coefficient (Wildman–Crippen LogP) is 4.27. The molecule has 0 amide bonds. The zero-order valence-corrected chi connectivity index (χ0v) is 11.7. The molecule has 1 atom stereocenters. The minimum absolute atomic E-state index is 0.0283. The van der Waals surface area contributed by atoms with Crippen LogP contribution in [0.4, 0.5) is 4.39 Å². The van der Waals surface area contributed by atoms with Crippen molar-refractivity contribution in [2.24, 2.45) is 0 Å². The summed E-state index contributed by atoms with van der Waals surface area (Å²) >= 11 is 3.22. The fraction of sp³-hybridized carbons (Fsp3) is 0.286. The largest absolute Gasteiger partial charge is 0.472 e. The molecular weight excluding hydrogens is 297 g/mol. The van der Waals surface area contributed by atoms with E-state index in [1.165, 1.54) is 6.07 Å². The average Bonchev–Trinajstić information content (AvgIpc) is 2.88. The fourth-order valence-electron chi connectivity index (χ4n) is 1.85. The monoisotopic (exact) mass is 311 g/mol. The predicted molar refractivity (Wildman–Crippen MR) is 72.9 cm³/mol. The maximum atomic E-state index is 13.3. The molecule has 0 fully saturated rings. The van der Waals surface area contributed by atoms with Gasteiger partial charge >= 0.3 is 0 Å². The molecule has 0 saturated heterocycles. The highest BCUT2D eigenvalue weighted by molar-refractivity contribution is 9.10. The zero-order chi connectivity index (χ0) is 13.0. The second-order valence-electron chi connectivity index (χ2n) is 4.12. The summed E-state index contributed by atoms with van der Waals surface area (Å²) in [5.41, 5.74) is 2.06. The smallest absolute Gasteiger partial charge is 0.137 e. The van der Waals surface area contributed by atoms with Gasteiger partial charge in [-0.15, -0.1) is 0 Å². The highest BCUT2D eigenvalue weighted by Gasteiger charge is 2.15. The molecule has 1 N–H and O–H groups in total. The van der Waals surface area contributed by atoms with Gasteiger partial charge in [0.25, 0.3) is 0 Å². The Kier molecular flexibility index (Phi) is 4.55. The van der Waals surface area contributed by atoms with E-state index in [1.54, 1.807) is 24.7 Å². The topological polar surface area (TPSA) is 25.2 Å². The van der Waals surface area contributed by atoms with E-state index in [-0.39, 0.29) is 11.9 Å². The van der Waals surface area contributed by atoms with Crippen molar-refractivity contribution in [2.45, 2.75) is 19.4 Å². The van der Waals surface area contributed by atoms with Gasteiger partial charge in [-0.2, -0.15) is 0 Å². The molecule has 1 heterocycles. The Bertz CT molecular complexity index is 499. The van der Waals surface area contributed by atoms with Crippen molar-refractivity contribution in [1.82, 2.24) is 5.32 Å². The van der Waals surface area contributed by atoms with Crippen LogP contribution in [0.3, 0.4) is 0 Å². The molecule has 18 heavy (non-hydrogen) atoms. The van der Waals surface area contributed by atoms with E-state index in [0.717, 1.165) is 24.1 Å². The fourth-order valence-corrected chi connectivity index (χ4v) is 2.24. The van der Waals surface area contributed by atoms with Gasteiger partial charge in [-0.25, -0.2) is 4.39 Å². The molecule has 2 aromatic rings. The summed E-state index contributed by atoms with van der Waals surface area (Å²) in [4.78, 5) is 0. The number of halogens is 2. The van der Waals surface area contributed by atoms with Crippen molar-refractivity contribution in [1.29, 1.82) is 0 Å². The molecule has 2 nitrogen and oxygen atoms in total. The van der Waals surface area contributed by atoms with Crippen molar-refractivity contribution in [2.75, 3.05) is 6.54 Å². The van der Waals surface area contributed by atoms with Crippen LogP contribution in [0.15, 0.2) is 45.7 Å². The molecule has 1 unspecified atom stereocenters. The normalized spacial score (nSPS) is 12.6. The molecule has 2 rings (SSSR count).